The zero-order chi connectivity index (χ0) is 25.5. The normalized spacial score (nSPS) is 15.2. The number of dihydropyridines is 1. The molecule has 0 aromatic heterocycles. The number of thioether (sulfide) groups is 1. The molecule has 6 nitrogen and oxygen atoms in total. The van der Waals surface area contributed by atoms with E-state index in [2.05, 4.69) is 23.3 Å². The smallest absolute Gasteiger partial charge is 0.337 e. The highest BCUT2D eigenvalue weighted by Crippen LogP contribution is 2.41. The summed E-state index contributed by atoms with van der Waals surface area (Å²) in [5.74, 6) is -1.19. The topological polar surface area (TPSA) is 91.2 Å². The molecular formula is C28H29N3O3S. The van der Waals surface area contributed by atoms with E-state index in [0.717, 1.165) is 27.9 Å². The summed E-state index contributed by atoms with van der Waals surface area (Å²) >= 11 is 1.24. The maximum absolute atomic E-state index is 12.9. The molecule has 180 valence electrons. The molecule has 1 amide bonds. The first kappa shape index (κ1) is 25.9. The van der Waals surface area contributed by atoms with Crippen LogP contribution in [0.15, 0.2) is 77.0 Å². The molecule has 1 heterocycles. The molecule has 0 saturated heterocycles. The van der Waals surface area contributed by atoms with Crippen molar-refractivity contribution >= 4 is 29.3 Å². The minimum atomic E-state index is -0.608. The van der Waals surface area contributed by atoms with E-state index in [1.807, 2.05) is 63.2 Å². The minimum absolute atomic E-state index is 0.0714. The Balaban J connectivity index is 1.91. The maximum atomic E-state index is 12.9. The van der Waals surface area contributed by atoms with Gasteiger partial charge in [-0.25, -0.2) is 4.79 Å². The van der Waals surface area contributed by atoms with Crippen molar-refractivity contribution in [3.8, 4) is 6.07 Å². The van der Waals surface area contributed by atoms with Crippen LogP contribution in [0.4, 0.5) is 5.69 Å². The summed E-state index contributed by atoms with van der Waals surface area (Å²) in [6.45, 7) is 11.3. The van der Waals surface area contributed by atoms with E-state index >= 15 is 0 Å². The third-order valence-corrected chi connectivity index (χ3v) is 6.72. The Morgan fingerprint density at radius 2 is 1.80 bits per heavy atom. The molecule has 3 rings (SSSR count). The summed E-state index contributed by atoms with van der Waals surface area (Å²) in [5.41, 5.74) is 5.96. The van der Waals surface area contributed by atoms with Gasteiger partial charge in [-0.2, -0.15) is 5.26 Å². The molecule has 0 spiro atoms. The van der Waals surface area contributed by atoms with Gasteiger partial charge in [-0.1, -0.05) is 72.4 Å². The van der Waals surface area contributed by atoms with Crippen LogP contribution in [0.3, 0.4) is 0 Å². The van der Waals surface area contributed by atoms with Crippen molar-refractivity contribution in [2.24, 2.45) is 0 Å². The number of ether oxygens (including phenoxy) is 1. The number of nitriles is 1. The molecule has 0 saturated carbocycles. The SMILES string of the molecule is C=CCOC(=O)C1=C(C)NC(SCC(=O)Nc2c(C)cccc2C)=C(C#N)[C@@H]1c1ccc(C)cc1. The average Bonchev–Trinajstić information content (AvgIpc) is 2.83. The molecule has 1 aliphatic rings. The number of anilines is 1. The average molecular weight is 488 g/mol. The number of allylic oxidation sites excluding steroid dienone is 2. The number of carbonyl (C=O) groups is 2. The van der Waals surface area contributed by atoms with Gasteiger partial charge in [0.2, 0.25) is 5.91 Å². The number of nitrogens with one attached hydrogen (secondary N) is 2. The summed E-state index contributed by atoms with van der Waals surface area (Å²) in [7, 11) is 0. The molecular weight excluding hydrogens is 458 g/mol. The van der Waals surface area contributed by atoms with Gasteiger partial charge in [-0.15, -0.1) is 0 Å². The fourth-order valence-electron chi connectivity index (χ4n) is 3.93. The third-order valence-electron chi connectivity index (χ3n) is 5.70. The Morgan fingerprint density at radius 1 is 1.14 bits per heavy atom. The van der Waals surface area contributed by atoms with E-state index in [1.54, 1.807) is 6.92 Å². The van der Waals surface area contributed by atoms with Gasteiger partial charge in [-0.3, -0.25) is 4.79 Å². The van der Waals surface area contributed by atoms with Crippen LogP contribution >= 0.6 is 11.8 Å². The number of hydrogen-bond acceptors (Lipinski definition) is 6. The van der Waals surface area contributed by atoms with Crippen LogP contribution in [0, 0.1) is 32.1 Å². The second kappa shape index (κ2) is 11.6. The third kappa shape index (κ3) is 6.03. The first-order valence-corrected chi connectivity index (χ1v) is 12.2. The molecule has 2 aromatic rings. The summed E-state index contributed by atoms with van der Waals surface area (Å²) in [6, 6.07) is 15.8. The van der Waals surface area contributed by atoms with Crippen molar-refractivity contribution < 1.29 is 14.3 Å². The second-order valence-corrected chi connectivity index (χ2v) is 9.34. The Morgan fingerprint density at radius 3 is 2.40 bits per heavy atom. The quantitative estimate of drug-likeness (QED) is 0.382. The van der Waals surface area contributed by atoms with Gasteiger partial charge in [0.25, 0.3) is 0 Å². The zero-order valence-corrected chi connectivity index (χ0v) is 21.2. The maximum Gasteiger partial charge on any atom is 0.337 e. The number of hydrogen-bond donors (Lipinski definition) is 2. The number of nitrogens with zero attached hydrogens (tertiary/aromatic N) is 1. The molecule has 0 fully saturated rings. The molecule has 1 aliphatic heterocycles. The van der Waals surface area contributed by atoms with Gasteiger partial charge in [-0.05, 0) is 44.4 Å². The molecule has 7 heteroatoms. The van der Waals surface area contributed by atoms with Crippen LogP contribution in [-0.4, -0.2) is 24.2 Å². The predicted octanol–water partition coefficient (Wildman–Crippen LogP) is 5.41. The fraction of sp³-hybridized carbons (Fsp3) is 0.250. The van der Waals surface area contributed by atoms with E-state index in [1.165, 1.54) is 17.8 Å². The van der Waals surface area contributed by atoms with Crippen LogP contribution in [-0.2, 0) is 14.3 Å². The number of aryl methyl sites for hydroxylation is 3. The first-order chi connectivity index (χ1) is 16.8. The van der Waals surface area contributed by atoms with Crippen molar-refractivity contribution in [2.75, 3.05) is 17.7 Å². The lowest BCUT2D eigenvalue weighted by Crippen LogP contribution is -2.29. The second-order valence-electron chi connectivity index (χ2n) is 8.35. The molecule has 0 radical (unpaired) electrons. The highest BCUT2D eigenvalue weighted by Gasteiger charge is 2.35. The zero-order valence-electron chi connectivity index (χ0n) is 20.4. The van der Waals surface area contributed by atoms with Gasteiger partial charge < -0.3 is 15.4 Å². The Hall–Kier alpha value is -3.76. The van der Waals surface area contributed by atoms with E-state index in [-0.39, 0.29) is 18.3 Å². The van der Waals surface area contributed by atoms with Gasteiger partial charge in [0.1, 0.15) is 6.61 Å². The van der Waals surface area contributed by atoms with Crippen molar-refractivity contribution in [3.05, 3.63) is 99.2 Å². The van der Waals surface area contributed by atoms with Crippen molar-refractivity contribution in [3.63, 3.8) is 0 Å². The number of benzene rings is 2. The van der Waals surface area contributed by atoms with Crippen LogP contribution in [0.5, 0.6) is 0 Å². The predicted molar refractivity (Wildman–Crippen MR) is 141 cm³/mol. The van der Waals surface area contributed by atoms with Crippen LogP contribution < -0.4 is 10.6 Å². The van der Waals surface area contributed by atoms with Crippen LogP contribution in [0.1, 0.15) is 35.1 Å². The summed E-state index contributed by atoms with van der Waals surface area (Å²) in [4.78, 5) is 25.7. The molecule has 0 unspecified atom stereocenters. The number of carbonyl (C=O) groups excluding carboxylic acids is 2. The fourth-order valence-corrected chi connectivity index (χ4v) is 4.82. The summed E-state index contributed by atoms with van der Waals surface area (Å²) in [5, 5.41) is 16.8. The van der Waals surface area contributed by atoms with E-state index in [4.69, 9.17) is 4.74 Å². The molecule has 2 N–H and O–H groups in total. The largest absolute Gasteiger partial charge is 0.458 e. The van der Waals surface area contributed by atoms with Crippen molar-refractivity contribution in [2.45, 2.75) is 33.6 Å². The van der Waals surface area contributed by atoms with Crippen LogP contribution in [0.2, 0.25) is 0 Å². The molecule has 0 aliphatic carbocycles. The van der Waals surface area contributed by atoms with E-state index < -0.39 is 11.9 Å². The standard InChI is InChI=1S/C28H29N3O3S/c1-6-14-34-28(33)24-20(5)30-27(22(15-29)25(24)21-12-10-17(2)11-13-21)35-16-23(32)31-26-18(3)8-7-9-19(26)4/h6-13,25,30H,1,14,16H2,2-5H3,(H,31,32)/t25-/m0/s1. The van der Waals surface area contributed by atoms with E-state index in [9.17, 15) is 14.9 Å². The lowest BCUT2D eigenvalue weighted by Gasteiger charge is -2.29. The first-order valence-electron chi connectivity index (χ1n) is 11.2. The molecule has 2 aromatic carbocycles. The summed E-state index contributed by atoms with van der Waals surface area (Å²) < 4.78 is 5.33. The number of para-hydroxylation sites is 1. The van der Waals surface area contributed by atoms with Gasteiger partial charge in [0, 0.05) is 11.4 Å². The summed E-state index contributed by atoms with van der Waals surface area (Å²) in [6.07, 6.45) is 1.50. The van der Waals surface area contributed by atoms with Gasteiger partial charge in [0.15, 0.2) is 0 Å². The Labute approximate surface area is 210 Å². The lowest BCUT2D eigenvalue weighted by molar-refractivity contribution is -0.138. The Bertz CT molecular complexity index is 1230. The number of amides is 1. The van der Waals surface area contributed by atoms with Gasteiger partial charge >= 0.3 is 5.97 Å². The Kier molecular flexibility index (Phi) is 8.56. The molecule has 1 atom stereocenters. The lowest BCUT2D eigenvalue weighted by atomic mass is 9.82. The van der Waals surface area contributed by atoms with Crippen molar-refractivity contribution in [1.82, 2.24) is 5.32 Å². The number of esters is 1. The highest BCUT2D eigenvalue weighted by atomic mass is 32.2. The highest BCUT2D eigenvalue weighted by molar-refractivity contribution is 8.03. The van der Waals surface area contributed by atoms with Crippen molar-refractivity contribution in [1.29, 1.82) is 5.26 Å². The molecule has 0 bridgehead atoms. The minimum Gasteiger partial charge on any atom is -0.458 e. The van der Waals surface area contributed by atoms with E-state index in [0.29, 0.717) is 21.9 Å². The molecule has 35 heavy (non-hydrogen) atoms. The van der Waals surface area contributed by atoms with Crippen LogP contribution in [0.25, 0.3) is 0 Å². The number of rotatable bonds is 8. The monoisotopic (exact) mass is 487 g/mol. The van der Waals surface area contributed by atoms with Gasteiger partial charge in [0.05, 0.1) is 33.9 Å².